The number of anilines is 1. The average Bonchev–Trinajstić information content (AvgIpc) is 3.09. The Morgan fingerprint density at radius 2 is 1.64 bits per heavy atom. The number of amides is 1. The molecule has 1 aromatic heterocycles. The van der Waals surface area contributed by atoms with Crippen LogP contribution in [0.5, 0.6) is 5.75 Å². The minimum absolute atomic E-state index is 0.0441. The van der Waals surface area contributed by atoms with E-state index in [1.165, 1.54) is 17.3 Å². The number of pyridine rings is 1. The molecular formula is C27H26N2O4. The van der Waals surface area contributed by atoms with Crippen LogP contribution in [-0.4, -0.2) is 28.4 Å². The van der Waals surface area contributed by atoms with Crippen molar-refractivity contribution in [1.82, 2.24) is 4.98 Å². The fourth-order valence-electron chi connectivity index (χ4n) is 3.79. The lowest BCUT2D eigenvalue weighted by Crippen LogP contribution is -2.29. The number of aromatic nitrogens is 1. The number of benzene rings is 2. The van der Waals surface area contributed by atoms with Gasteiger partial charge in [-0.15, -0.1) is 0 Å². The number of carbonyl (C=O) groups is 2. The fourth-order valence-corrected chi connectivity index (χ4v) is 3.79. The molecule has 1 aliphatic heterocycles. The van der Waals surface area contributed by atoms with E-state index < -0.39 is 17.7 Å². The van der Waals surface area contributed by atoms with Crippen molar-refractivity contribution in [2.75, 3.05) is 11.5 Å². The van der Waals surface area contributed by atoms with Gasteiger partial charge >= 0.3 is 0 Å². The molecule has 1 saturated heterocycles. The van der Waals surface area contributed by atoms with Gasteiger partial charge in [0.1, 0.15) is 11.5 Å². The summed E-state index contributed by atoms with van der Waals surface area (Å²) in [7, 11) is 0. The first-order chi connectivity index (χ1) is 15.9. The first-order valence-electron chi connectivity index (χ1n) is 10.9. The molecule has 2 heterocycles. The lowest BCUT2D eigenvalue weighted by molar-refractivity contribution is -0.132. The van der Waals surface area contributed by atoms with Gasteiger partial charge in [0, 0.05) is 23.6 Å². The first kappa shape index (κ1) is 22.3. The number of aryl methyl sites for hydroxylation is 1. The summed E-state index contributed by atoms with van der Waals surface area (Å²) >= 11 is 0. The van der Waals surface area contributed by atoms with Gasteiger partial charge in [0.05, 0.1) is 18.2 Å². The molecule has 2 aromatic carbocycles. The number of aliphatic hydroxyl groups excluding tert-OH is 1. The summed E-state index contributed by atoms with van der Waals surface area (Å²) in [6.45, 7) is 6.68. The third kappa shape index (κ3) is 4.51. The van der Waals surface area contributed by atoms with E-state index in [0.29, 0.717) is 35.1 Å². The molecule has 1 unspecified atom stereocenters. The van der Waals surface area contributed by atoms with Crippen LogP contribution in [0.2, 0.25) is 0 Å². The van der Waals surface area contributed by atoms with Crippen LogP contribution in [0.25, 0.3) is 5.76 Å². The number of ether oxygens (including phenoxy) is 1. The Bertz CT molecular complexity index is 1180. The molecule has 0 spiro atoms. The third-order valence-corrected chi connectivity index (χ3v) is 5.49. The summed E-state index contributed by atoms with van der Waals surface area (Å²) in [6.07, 6.45) is 3.06. The van der Waals surface area contributed by atoms with Crippen LogP contribution >= 0.6 is 0 Å². The highest BCUT2D eigenvalue weighted by Gasteiger charge is 2.46. The topological polar surface area (TPSA) is 79.7 Å². The summed E-state index contributed by atoms with van der Waals surface area (Å²) in [6, 6.07) is 17.1. The zero-order chi connectivity index (χ0) is 23.5. The van der Waals surface area contributed by atoms with Crippen molar-refractivity contribution in [2.45, 2.75) is 26.8 Å². The van der Waals surface area contributed by atoms with E-state index in [4.69, 9.17) is 4.74 Å². The van der Waals surface area contributed by atoms with E-state index in [0.717, 1.165) is 5.56 Å². The molecular weight excluding hydrogens is 416 g/mol. The number of aliphatic hydroxyl groups is 1. The van der Waals surface area contributed by atoms with Crippen LogP contribution in [0.1, 0.15) is 36.6 Å². The van der Waals surface area contributed by atoms with Crippen LogP contribution < -0.4 is 9.64 Å². The molecule has 33 heavy (non-hydrogen) atoms. The zero-order valence-electron chi connectivity index (χ0n) is 18.9. The van der Waals surface area contributed by atoms with Gasteiger partial charge in [0.2, 0.25) is 0 Å². The Hall–Kier alpha value is -3.93. The number of carbonyl (C=O) groups excluding carboxylic acids is 2. The van der Waals surface area contributed by atoms with Crippen molar-refractivity contribution < 1.29 is 19.4 Å². The summed E-state index contributed by atoms with van der Waals surface area (Å²) in [4.78, 5) is 31.7. The van der Waals surface area contributed by atoms with Gasteiger partial charge in [0.25, 0.3) is 11.7 Å². The molecule has 1 fully saturated rings. The summed E-state index contributed by atoms with van der Waals surface area (Å²) in [5, 5.41) is 11.1. The van der Waals surface area contributed by atoms with Gasteiger partial charge < -0.3 is 9.84 Å². The van der Waals surface area contributed by atoms with Crippen molar-refractivity contribution in [3.05, 3.63) is 95.3 Å². The second kappa shape index (κ2) is 9.28. The molecule has 4 rings (SSSR count). The van der Waals surface area contributed by atoms with Crippen LogP contribution in [-0.2, 0) is 9.59 Å². The molecule has 0 aliphatic carbocycles. The molecule has 1 atom stereocenters. The van der Waals surface area contributed by atoms with Gasteiger partial charge in [-0.25, -0.2) is 0 Å². The van der Waals surface area contributed by atoms with E-state index >= 15 is 0 Å². The average molecular weight is 443 g/mol. The van der Waals surface area contributed by atoms with E-state index in [1.807, 2.05) is 43.3 Å². The molecule has 6 nitrogen and oxygen atoms in total. The summed E-state index contributed by atoms with van der Waals surface area (Å²) in [5.41, 5.74) is 2.79. The van der Waals surface area contributed by atoms with Crippen LogP contribution in [0.3, 0.4) is 0 Å². The van der Waals surface area contributed by atoms with Crippen LogP contribution in [0.4, 0.5) is 5.69 Å². The maximum absolute atomic E-state index is 13.2. The van der Waals surface area contributed by atoms with Crippen LogP contribution in [0.15, 0.2) is 78.6 Å². The number of nitrogens with zero attached hydrogens (tertiary/aromatic N) is 2. The van der Waals surface area contributed by atoms with Gasteiger partial charge in [-0.1, -0.05) is 43.7 Å². The van der Waals surface area contributed by atoms with Gasteiger partial charge in [0.15, 0.2) is 0 Å². The number of hydrogen-bond acceptors (Lipinski definition) is 5. The third-order valence-electron chi connectivity index (χ3n) is 5.49. The van der Waals surface area contributed by atoms with Gasteiger partial charge in [-0.3, -0.25) is 19.5 Å². The fraction of sp³-hybridized carbons (Fsp3) is 0.222. The van der Waals surface area contributed by atoms with Crippen molar-refractivity contribution in [1.29, 1.82) is 0 Å². The Morgan fingerprint density at radius 1 is 1.00 bits per heavy atom. The summed E-state index contributed by atoms with van der Waals surface area (Å²) < 4.78 is 5.78. The van der Waals surface area contributed by atoms with Crippen LogP contribution in [0, 0.1) is 12.8 Å². The quantitative estimate of drug-likeness (QED) is 0.328. The Balaban J connectivity index is 1.83. The number of rotatable bonds is 6. The zero-order valence-corrected chi connectivity index (χ0v) is 18.9. The van der Waals surface area contributed by atoms with E-state index in [1.54, 1.807) is 24.3 Å². The predicted octanol–water partition coefficient (Wildman–Crippen LogP) is 5.05. The van der Waals surface area contributed by atoms with Crippen molar-refractivity contribution in [2.24, 2.45) is 5.92 Å². The highest BCUT2D eigenvalue weighted by molar-refractivity contribution is 6.51. The maximum atomic E-state index is 13.2. The Labute approximate surface area is 193 Å². The lowest BCUT2D eigenvalue weighted by Gasteiger charge is -2.25. The lowest BCUT2D eigenvalue weighted by atomic mass is 9.95. The maximum Gasteiger partial charge on any atom is 0.300 e. The second-order valence-corrected chi connectivity index (χ2v) is 8.51. The van der Waals surface area contributed by atoms with Gasteiger partial charge in [-0.2, -0.15) is 0 Å². The molecule has 6 heteroatoms. The standard InChI is InChI=1S/C27H26N2O4/c1-17(2)16-33-22-10-6-19(7-11-22)24-23(25(30)20-12-14-28-15-13-20)26(31)27(32)29(24)21-8-4-18(3)5-9-21/h4-15,17,24,30H,16H2,1-3H3/b25-23-. The van der Waals surface area contributed by atoms with E-state index in [9.17, 15) is 14.7 Å². The van der Waals surface area contributed by atoms with Crippen molar-refractivity contribution >= 4 is 23.1 Å². The van der Waals surface area contributed by atoms with Gasteiger partial charge in [-0.05, 0) is 54.8 Å². The normalized spacial score (nSPS) is 17.6. The van der Waals surface area contributed by atoms with Crippen molar-refractivity contribution in [3.63, 3.8) is 0 Å². The van der Waals surface area contributed by atoms with Crippen molar-refractivity contribution in [3.8, 4) is 5.75 Å². The molecule has 168 valence electrons. The molecule has 0 radical (unpaired) electrons. The minimum Gasteiger partial charge on any atom is -0.507 e. The predicted molar refractivity (Wildman–Crippen MR) is 127 cm³/mol. The Morgan fingerprint density at radius 3 is 2.24 bits per heavy atom. The number of Topliss-reactive ketones (excluding diaryl/α,β-unsaturated/α-hetero) is 1. The first-order valence-corrected chi connectivity index (χ1v) is 10.9. The second-order valence-electron chi connectivity index (χ2n) is 8.51. The number of ketones is 1. The monoisotopic (exact) mass is 442 g/mol. The summed E-state index contributed by atoms with van der Waals surface area (Å²) in [5.74, 6) is -0.544. The van der Waals surface area contributed by atoms with E-state index in [2.05, 4.69) is 18.8 Å². The molecule has 3 aromatic rings. The number of hydrogen-bond donors (Lipinski definition) is 1. The minimum atomic E-state index is -0.778. The van der Waals surface area contributed by atoms with E-state index in [-0.39, 0.29) is 11.3 Å². The molecule has 0 saturated carbocycles. The Kier molecular flexibility index (Phi) is 6.27. The molecule has 0 bridgehead atoms. The SMILES string of the molecule is Cc1ccc(N2C(=O)C(=O)/C(=C(\O)c3ccncc3)C2c2ccc(OCC(C)C)cc2)cc1. The molecule has 1 aliphatic rings. The molecule has 1 N–H and O–H groups in total. The largest absolute Gasteiger partial charge is 0.507 e. The smallest absolute Gasteiger partial charge is 0.300 e. The molecule has 1 amide bonds. The highest BCUT2D eigenvalue weighted by Crippen LogP contribution is 2.42. The highest BCUT2D eigenvalue weighted by atomic mass is 16.5.